The maximum Gasteiger partial charge on any atom is 0.0629 e. The summed E-state index contributed by atoms with van der Waals surface area (Å²) < 4.78 is 76.5. The molecule has 0 unspecified atom stereocenters. The first kappa shape index (κ1) is 1.71. The molecule has 0 amide bonds. The molecule has 0 saturated heterocycles. The van der Waals surface area contributed by atoms with Gasteiger partial charge < -0.3 is 0 Å². The van der Waals surface area contributed by atoms with E-state index in [2.05, 4.69) is 0 Å². The summed E-state index contributed by atoms with van der Waals surface area (Å²) in [7, 11) is 0. The van der Waals surface area contributed by atoms with Gasteiger partial charge in [-0.2, -0.15) is 0 Å². The summed E-state index contributed by atoms with van der Waals surface area (Å²) in [6.07, 6.45) is 0. The molecule has 0 atom stereocenters. The zero-order valence-corrected chi connectivity index (χ0v) is 5.50. The predicted octanol–water partition coefficient (Wildman–Crippen LogP) is 3.15. The largest absolute Gasteiger partial charge is 0.0629 e. The molecule has 54 valence electrons. The fourth-order valence-electron chi connectivity index (χ4n) is 0.812. The van der Waals surface area contributed by atoms with Gasteiger partial charge in [0.2, 0.25) is 0 Å². The third-order valence-electron chi connectivity index (χ3n) is 1.31. The minimum Gasteiger partial charge on any atom is -0.0616 e. The normalized spacial score (nSPS) is 24.4. The molecule has 0 heteroatoms. The van der Waals surface area contributed by atoms with E-state index in [4.69, 9.17) is 13.7 Å². The average Bonchev–Trinajstić information content (AvgIpc) is 2.38. The molecule has 2 aromatic rings. The predicted molar refractivity (Wildman–Crippen MR) is 48.7 cm³/mol. The Bertz CT molecular complexity index is 750. The Morgan fingerprint density at radius 1 is 1.09 bits per heavy atom. The van der Waals surface area contributed by atoms with Crippen molar-refractivity contribution in [2.24, 2.45) is 0 Å². The van der Waals surface area contributed by atoms with Gasteiger partial charge >= 0.3 is 0 Å². The lowest BCUT2D eigenvalue weighted by molar-refractivity contribution is 1.53. The van der Waals surface area contributed by atoms with E-state index < -0.39 is 54.7 Å². The van der Waals surface area contributed by atoms with Crippen LogP contribution in [0.25, 0.3) is 10.8 Å². The van der Waals surface area contributed by atoms with Crippen LogP contribution >= 0.6 is 0 Å². The van der Waals surface area contributed by atoms with Crippen LogP contribution in [0.2, 0.25) is 0 Å². The van der Waals surface area contributed by atoms with Crippen molar-refractivity contribution in [1.29, 1.82) is 0 Å². The van der Waals surface area contributed by atoms with Crippen LogP contribution in [-0.4, -0.2) is 0 Å². The van der Waals surface area contributed by atoms with E-state index >= 15 is 0 Å². The van der Waals surface area contributed by atoms with Gasteiger partial charge in [-0.05, 0) is 23.2 Å². The molecule has 0 aliphatic rings. The molecule has 0 heterocycles. The molecule has 0 nitrogen and oxygen atoms in total. The number of hydrogen-bond donors (Lipinski definition) is 0. The van der Waals surface area contributed by atoms with E-state index in [1.54, 1.807) is 0 Å². The highest BCUT2D eigenvalue weighted by Gasteiger charge is 1.91. The van der Waals surface area contributed by atoms with Crippen LogP contribution in [0.1, 0.15) is 19.3 Å². The standard InChI is InChI=1S/C11H10/c1-9-5-4-7-10-6-2-3-8-11(9)10/h2-8H,1H3/i1D3,2D,3D,4D,5D,6D,7D,8D. The summed E-state index contributed by atoms with van der Waals surface area (Å²) in [4.78, 5) is 0. The van der Waals surface area contributed by atoms with Crippen LogP contribution in [0, 0.1) is 6.85 Å². The van der Waals surface area contributed by atoms with Crippen LogP contribution in [0.15, 0.2) is 42.3 Å². The second-order valence-corrected chi connectivity index (χ2v) is 2.00. The van der Waals surface area contributed by atoms with Gasteiger partial charge in [0, 0.05) is 4.11 Å². The Morgan fingerprint density at radius 2 is 1.91 bits per heavy atom. The maximum absolute atomic E-state index is 7.84. The third-order valence-corrected chi connectivity index (χ3v) is 1.31. The molecule has 0 radical (unpaired) electrons. The van der Waals surface area contributed by atoms with E-state index in [9.17, 15) is 0 Å². The van der Waals surface area contributed by atoms with Gasteiger partial charge in [-0.15, -0.1) is 0 Å². The minimum atomic E-state index is -2.82. The zero-order valence-electron chi connectivity index (χ0n) is 15.5. The van der Waals surface area contributed by atoms with E-state index in [0.717, 1.165) is 0 Å². The Labute approximate surface area is 80.5 Å². The topological polar surface area (TPSA) is 0 Å². The zero-order chi connectivity index (χ0) is 16.3. The Balaban J connectivity index is 3.26. The van der Waals surface area contributed by atoms with Gasteiger partial charge in [0.15, 0.2) is 0 Å². The highest BCUT2D eigenvalue weighted by atomic mass is 14.0. The third kappa shape index (κ3) is 1.01. The van der Waals surface area contributed by atoms with Crippen molar-refractivity contribution < 1.29 is 13.7 Å². The van der Waals surface area contributed by atoms with Crippen molar-refractivity contribution in [3.8, 4) is 0 Å². The van der Waals surface area contributed by atoms with Gasteiger partial charge in [-0.25, -0.2) is 0 Å². The van der Waals surface area contributed by atoms with E-state index in [0.29, 0.717) is 0 Å². The fraction of sp³-hybridized carbons (Fsp3) is 0.0909. The first-order chi connectivity index (χ1) is 9.50. The number of aryl methyl sites for hydroxylation is 1. The Morgan fingerprint density at radius 3 is 2.82 bits per heavy atom. The lowest BCUT2D eigenvalue weighted by Gasteiger charge is -1.98. The van der Waals surface area contributed by atoms with Crippen LogP contribution in [0.5, 0.6) is 0 Å². The summed E-state index contributed by atoms with van der Waals surface area (Å²) in [5.74, 6) is 0. The second kappa shape index (κ2) is 2.39. The average molecular weight is 152 g/mol. The molecule has 0 fully saturated rings. The molecule has 0 aliphatic carbocycles. The van der Waals surface area contributed by atoms with Gasteiger partial charge in [-0.3, -0.25) is 0 Å². The molecule has 2 rings (SSSR count). The first-order valence-corrected chi connectivity index (χ1v) is 3.00. The van der Waals surface area contributed by atoms with Crippen molar-refractivity contribution in [2.75, 3.05) is 0 Å². The molecule has 0 aliphatic heterocycles. The van der Waals surface area contributed by atoms with Crippen LogP contribution in [0.3, 0.4) is 0 Å². The molecule has 0 spiro atoms. The summed E-state index contributed by atoms with van der Waals surface area (Å²) in [5, 5.41) is -0.722. The minimum absolute atomic E-state index is 0.340. The first-order valence-electron chi connectivity index (χ1n) is 8.00. The van der Waals surface area contributed by atoms with Crippen LogP contribution in [0.4, 0.5) is 0 Å². The Kier molecular flexibility index (Phi) is 0.372. The van der Waals surface area contributed by atoms with E-state index in [1.807, 2.05) is 0 Å². The monoisotopic (exact) mass is 152 g/mol. The quantitative estimate of drug-likeness (QED) is 0.544. The van der Waals surface area contributed by atoms with E-state index in [-0.39, 0.29) is 10.8 Å². The molecule has 0 N–H and O–H groups in total. The number of benzene rings is 2. The molecule has 0 bridgehead atoms. The second-order valence-electron chi connectivity index (χ2n) is 2.00. The van der Waals surface area contributed by atoms with Crippen LogP contribution in [-0.2, 0) is 0 Å². The lowest BCUT2D eigenvalue weighted by Crippen LogP contribution is -1.75. The Hall–Kier alpha value is -1.30. The number of fused-ring (bicyclic) bond motifs is 1. The van der Waals surface area contributed by atoms with Gasteiger partial charge in [-0.1, -0.05) is 42.3 Å². The SMILES string of the molecule is [2H]c1c([2H])c([2H])c2c(C([2H])([2H])[2H])c([2H])c([2H])c([2H])c2c1[2H]. The molecule has 0 aromatic heterocycles. The molecule has 2 aromatic carbocycles. The fourth-order valence-corrected chi connectivity index (χ4v) is 0.812. The highest BCUT2D eigenvalue weighted by molar-refractivity contribution is 5.85. The van der Waals surface area contributed by atoms with Gasteiger partial charge in [0.1, 0.15) is 0 Å². The number of rotatable bonds is 0. The molecule has 0 saturated carbocycles. The van der Waals surface area contributed by atoms with E-state index in [1.165, 1.54) is 0 Å². The molecule has 11 heavy (non-hydrogen) atoms. The molecular weight excluding hydrogens is 132 g/mol. The van der Waals surface area contributed by atoms with Crippen molar-refractivity contribution in [3.05, 3.63) is 47.9 Å². The highest BCUT2D eigenvalue weighted by Crippen LogP contribution is 2.16. The van der Waals surface area contributed by atoms with Gasteiger partial charge in [0.25, 0.3) is 0 Å². The van der Waals surface area contributed by atoms with Crippen molar-refractivity contribution >= 4 is 10.8 Å². The smallest absolute Gasteiger partial charge is 0.0616 e. The number of hydrogen-bond acceptors (Lipinski definition) is 0. The summed E-state index contributed by atoms with van der Waals surface area (Å²) in [6.45, 7) is -2.82. The van der Waals surface area contributed by atoms with Crippen LogP contribution < -0.4 is 0 Å². The summed E-state index contributed by atoms with van der Waals surface area (Å²) >= 11 is 0. The van der Waals surface area contributed by atoms with Crippen molar-refractivity contribution in [2.45, 2.75) is 6.85 Å². The van der Waals surface area contributed by atoms with Crippen molar-refractivity contribution in [1.82, 2.24) is 0 Å². The summed E-state index contributed by atoms with van der Waals surface area (Å²) in [5.41, 5.74) is -0.620. The molecular formula is C11H10. The maximum atomic E-state index is 7.84. The van der Waals surface area contributed by atoms with Crippen molar-refractivity contribution in [3.63, 3.8) is 0 Å². The van der Waals surface area contributed by atoms with Gasteiger partial charge in [0.05, 0.1) is 9.60 Å². The summed E-state index contributed by atoms with van der Waals surface area (Å²) in [6, 6.07) is -4.37. The lowest BCUT2D eigenvalue weighted by atomic mass is 10.1.